The van der Waals surface area contributed by atoms with Gasteiger partial charge in [-0.2, -0.15) is 0 Å². The number of nitrogen functional groups attached to an aromatic ring is 1. The summed E-state index contributed by atoms with van der Waals surface area (Å²) in [5, 5.41) is 2.56. The van der Waals surface area contributed by atoms with Crippen molar-refractivity contribution in [1.82, 2.24) is 4.98 Å². The third kappa shape index (κ3) is 4.58. The fourth-order valence-electron chi connectivity index (χ4n) is 2.49. The summed E-state index contributed by atoms with van der Waals surface area (Å²) in [6.45, 7) is 2.72. The van der Waals surface area contributed by atoms with E-state index >= 15 is 0 Å². The van der Waals surface area contributed by atoms with Gasteiger partial charge in [0.25, 0.3) is 0 Å². The largest absolute Gasteiger partial charge is 0.488 e. The molecule has 0 aliphatic rings. The molecule has 1 heterocycles. The number of halogens is 1. The monoisotopic (exact) mass is 404 g/mol. The fraction of sp³-hybridized carbons (Fsp3) is 0.211. The first-order valence-corrected chi connectivity index (χ1v) is 8.65. The average Bonchev–Trinajstić information content (AvgIpc) is 3.01. The van der Waals surface area contributed by atoms with Crippen LogP contribution in [0.1, 0.15) is 24.5 Å². The summed E-state index contributed by atoms with van der Waals surface area (Å²) in [5.41, 5.74) is 10.1. The first-order chi connectivity index (χ1) is 11.3. The molecule has 2 aromatic carbocycles. The Balaban J connectivity index is 0.00000208. The number of nitrogens with zero attached hydrogens (tertiary/aromatic N) is 1. The minimum Gasteiger partial charge on any atom is -0.488 e. The minimum absolute atomic E-state index is 0. The van der Waals surface area contributed by atoms with Gasteiger partial charge in [-0.3, -0.25) is 0 Å². The molecule has 24 heavy (non-hydrogen) atoms. The van der Waals surface area contributed by atoms with E-state index in [-0.39, 0.29) is 17.0 Å². The van der Waals surface area contributed by atoms with Crippen LogP contribution >= 0.6 is 28.3 Å². The topological polar surface area (TPSA) is 48.1 Å². The van der Waals surface area contributed by atoms with Crippen LogP contribution in [-0.4, -0.2) is 4.98 Å². The lowest BCUT2D eigenvalue weighted by Crippen LogP contribution is -1.98. The number of hydrogen-bond donors (Lipinski definition) is 1. The highest BCUT2D eigenvalue weighted by Gasteiger charge is 2.11. The van der Waals surface area contributed by atoms with E-state index in [1.165, 1.54) is 16.9 Å². The number of aromatic nitrogens is 1. The van der Waals surface area contributed by atoms with Gasteiger partial charge in [-0.15, -0.1) is 28.3 Å². The summed E-state index contributed by atoms with van der Waals surface area (Å²) in [7, 11) is 0. The summed E-state index contributed by atoms with van der Waals surface area (Å²) in [4.78, 5) is 4.41. The van der Waals surface area contributed by atoms with Crippen LogP contribution in [0.5, 0.6) is 5.75 Å². The predicted molar refractivity (Wildman–Crippen MR) is 107 cm³/mol. The summed E-state index contributed by atoms with van der Waals surface area (Å²) < 4.78 is 6.04. The van der Waals surface area contributed by atoms with E-state index in [0.717, 1.165) is 35.4 Å². The zero-order valence-corrected chi connectivity index (χ0v) is 16.1. The van der Waals surface area contributed by atoms with Crippen molar-refractivity contribution in [1.29, 1.82) is 0 Å². The van der Waals surface area contributed by atoms with Gasteiger partial charge in [-0.25, -0.2) is 4.98 Å². The average molecular weight is 405 g/mol. The van der Waals surface area contributed by atoms with Crippen LogP contribution in [0.3, 0.4) is 0 Å². The molecule has 0 saturated heterocycles. The van der Waals surface area contributed by atoms with Gasteiger partial charge in [-0.1, -0.05) is 49.7 Å². The van der Waals surface area contributed by atoms with Crippen molar-refractivity contribution in [3.05, 3.63) is 65.0 Å². The van der Waals surface area contributed by atoms with E-state index in [1.807, 2.05) is 29.6 Å². The van der Waals surface area contributed by atoms with Crippen molar-refractivity contribution >= 4 is 33.4 Å². The molecule has 3 rings (SSSR count). The van der Waals surface area contributed by atoms with Gasteiger partial charge >= 0.3 is 0 Å². The second-order valence-corrected chi connectivity index (χ2v) is 6.32. The Labute approximate surface area is 157 Å². The molecule has 0 aliphatic carbocycles. The van der Waals surface area contributed by atoms with Gasteiger partial charge in [0, 0.05) is 10.9 Å². The van der Waals surface area contributed by atoms with Crippen LogP contribution in [0.4, 0.5) is 5.13 Å². The van der Waals surface area contributed by atoms with Crippen LogP contribution < -0.4 is 10.5 Å². The molecule has 0 radical (unpaired) electrons. The van der Waals surface area contributed by atoms with E-state index in [9.17, 15) is 0 Å². The van der Waals surface area contributed by atoms with Crippen molar-refractivity contribution in [3.8, 4) is 17.0 Å². The number of thiazole rings is 1. The first kappa shape index (κ1) is 18.5. The standard InChI is InChI=1S/C19H20N2OS.BrH/c1-2-6-14-9-10-18(22-12-15-7-4-3-5-8-15)16(11-14)17-13-23-19(20)21-17;/h3-5,7-11,13H,2,6,12H2,1H3,(H2,20,21);1H. The van der Waals surface area contributed by atoms with E-state index in [0.29, 0.717) is 11.7 Å². The van der Waals surface area contributed by atoms with Gasteiger partial charge in [-0.05, 0) is 29.7 Å². The third-order valence-electron chi connectivity index (χ3n) is 3.62. The summed E-state index contributed by atoms with van der Waals surface area (Å²) in [6.07, 6.45) is 2.16. The Bertz CT molecular complexity index is 774. The molecule has 0 fully saturated rings. The molecule has 5 heteroatoms. The number of rotatable bonds is 6. The highest BCUT2D eigenvalue weighted by molar-refractivity contribution is 8.93. The molecule has 3 aromatic rings. The Hall–Kier alpha value is -1.85. The predicted octanol–water partition coefficient (Wildman–Crippen LogP) is 5.50. The number of benzene rings is 2. The van der Waals surface area contributed by atoms with Gasteiger partial charge in [0.1, 0.15) is 12.4 Å². The maximum absolute atomic E-state index is 6.04. The third-order valence-corrected chi connectivity index (χ3v) is 4.29. The number of ether oxygens (including phenoxy) is 1. The van der Waals surface area contributed by atoms with E-state index in [2.05, 4.69) is 36.2 Å². The van der Waals surface area contributed by atoms with Crippen molar-refractivity contribution in [2.75, 3.05) is 5.73 Å². The molecule has 0 aliphatic heterocycles. The SMILES string of the molecule is Br.CCCc1ccc(OCc2ccccc2)c(-c2csc(N)n2)c1. The zero-order chi connectivity index (χ0) is 16.1. The lowest BCUT2D eigenvalue weighted by Gasteiger charge is -2.12. The second kappa shape index (κ2) is 8.85. The quantitative estimate of drug-likeness (QED) is 0.589. The molecule has 0 saturated carbocycles. The highest BCUT2D eigenvalue weighted by Crippen LogP contribution is 2.33. The van der Waals surface area contributed by atoms with Crippen molar-refractivity contribution in [2.24, 2.45) is 0 Å². The Kier molecular flexibility index (Phi) is 6.82. The molecule has 0 bridgehead atoms. The molecule has 3 nitrogen and oxygen atoms in total. The summed E-state index contributed by atoms with van der Waals surface area (Å²) in [6, 6.07) is 16.5. The van der Waals surface area contributed by atoms with Crippen LogP contribution in [-0.2, 0) is 13.0 Å². The molecular formula is C19H21BrN2OS. The molecule has 0 atom stereocenters. The fourth-order valence-corrected chi connectivity index (χ4v) is 3.06. The minimum atomic E-state index is 0. The molecule has 2 N–H and O–H groups in total. The number of aryl methyl sites for hydroxylation is 1. The van der Waals surface area contributed by atoms with Crippen molar-refractivity contribution < 1.29 is 4.74 Å². The first-order valence-electron chi connectivity index (χ1n) is 7.77. The summed E-state index contributed by atoms with van der Waals surface area (Å²) >= 11 is 1.45. The number of hydrogen-bond acceptors (Lipinski definition) is 4. The molecule has 0 unspecified atom stereocenters. The van der Waals surface area contributed by atoms with Crippen molar-refractivity contribution in [3.63, 3.8) is 0 Å². The number of anilines is 1. The van der Waals surface area contributed by atoms with Gasteiger partial charge in [0.2, 0.25) is 0 Å². The lowest BCUT2D eigenvalue weighted by atomic mass is 10.0. The second-order valence-electron chi connectivity index (χ2n) is 5.43. The van der Waals surface area contributed by atoms with Gasteiger partial charge in [0.05, 0.1) is 5.69 Å². The van der Waals surface area contributed by atoms with E-state index < -0.39 is 0 Å². The van der Waals surface area contributed by atoms with Gasteiger partial charge < -0.3 is 10.5 Å². The molecule has 0 amide bonds. The highest BCUT2D eigenvalue weighted by atomic mass is 79.9. The van der Waals surface area contributed by atoms with Crippen LogP contribution in [0, 0.1) is 0 Å². The van der Waals surface area contributed by atoms with Gasteiger partial charge in [0.15, 0.2) is 5.13 Å². The van der Waals surface area contributed by atoms with E-state index in [1.54, 1.807) is 0 Å². The Morgan fingerprint density at radius 1 is 1.08 bits per heavy atom. The van der Waals surface area contributed by atoms with Crippen LogP contribution in [0.25, 0.3) is 11.3 Å². The molecule has 1 aromatic heterocycles. The molecular weight excluding hydrogens is 384 g/mol. The summed E-state index contributed by atoms with van der Waals surface area (Å²) in [5.74, 6) is 0.846. The molecule has 126 valence electrons. The molecule has 0 spiro atoms. The maximum Gasteiger partial charge on any atom is 0.180 e. The Morgan fingerprint density at radius 3 is 2.54 bits per heavy atom. The number of nitrogens with two attached hydrogens (primary N) is 1. The normalized spacial score (nSPS) is 10.2. The maximum atomic E-state index is 6.04. The van der Waals surface area contributed by atoms with Crippen LogP contribution in [0.15, 0.2) is 53.9 Å². The Morgan fingerprint density at radius 2 is 1.88 bits per heavy atom. The zero-order valence-electron chi connectivity index (χ0n) is 13.6. The van der Waals surface area contributed by atoms with Crippen molar-refractivity contribution in [2.45, 2.75) is 26.4 Å². The smallest absolute Gasteiger partial charge is 0.180 e. The van der Waals surface area contributed by atoms with Crippen LogP contribution in [0.2, 0.25) is 0 Å². The lowest BCUT2D eigenvalue weighted by molar-refractivity contribution is 0.307. The van der Waals surface area contributed by atoms with E-state index in [4.69, 9.17) is 10.5 Å².